The number of hydrogen-bond acceptors (Lipinski definition) is 8. The number of benzene rings is 3. The summed E-state index contributed by atoms with van der Waals surface area (Å²) in [6.07, 6.45) is 0. The van der Waals surface area contributed by atoms with Crippen molar-refractivity contribution in [2.45, 2.75) is 13.5 Å². The van der Waals surface area contributed by atoms with Crippen LogP contribution < -0.4 is 5.73 Å². The van der Waals surface area contributed by atoms with Gasteiger partial charge in [0.1, 0.15) is 5.82 Å². The molecule has 0 atom stereocenters. The van der Waals surface area contributed by atoms with Gasteiger partial charge >= 0.3 is 5.97 Å². The van der Waals surface area contributed by atoms with Crippen LogP contribution in [-0.2, 0) is 11.3 Å². The highest BCUT2D eigenvalue weighted by molar-refractivity contribution is 5.90. The Morgan fingerprint density at radius 2 is 1.64 bits per heavy atom. The van der Waals surface area contributed by atoms with Crippen molar-refractivity contribution in [3.05, 3.63) is 89.7 Å². The van der Waals surface area contributed by atoms with E-state index in [1.54, 1.807) is 24.3 Å². The van der Waals surface area contributed by atoms with Crippen LogP contribution in [0, 0.1) is 6.92 Å². The van der Waals surface area contributed by atoms with Crippen LogP contribution in [0.1, 0.15) is 21.7 Å². The minimum atomic E-state index is -0.497. The average molecular weight is 437 g/mol. The minimum Gasteiger partial charge on any atom is -0.454 e. The monoisotopic (exact) mass is 437 g/mol. The van der Waals surface area contributed by atoms with Gasteiger partial charge in [0.2, 0.25) is 11.8 Å². The summed E-state index contributed by atoms with van der Waals surface area (Å²) in [7, 11) is 0. The van der Waals surface area contributed by atoms with Crippen LogP contribution in [0.3, 0.4) is 0 Å². The molecule has 0 saturated carbocycles. The Morgan fingerprint density at radius 1 is 0.909 bits per heavy atom. The second kappa shape index (κ2) is 8.51. The Kier molecular flexibility index (Phi) is 5.24. The van der Waals surface area contributed by atoms with E-state index in [-0.39, 0.29) is 6.61 Å². The average Bonchev–Trinajstić information content (AvgIpc) is 3.33. The van der Waals surface area contributed by atoms with Gasteiger partial charge in [-0.2, -0.15) is 0 Å². The Balaban J connectivity index is 1.28. The smallest absolute Gasteiger partial charge is 0.338 e. The fraction of sp³-hybridized carbons (Fsp3) is 0.0800. The lowest BCUT2D eigenvalue weighted by Crippen LogP contribution is -2.08. The minimum absolute atomic E-state index is 0.0843. The molecule has 5 rings (SSSR count). The zero-order valence-corrected chi connectivity index (χ0v) is 17.7. The number of carbonyl (C=O) groups excluding carboxylic acids is 1. The van der Waals surface area contributed by atoms with E-state index < -0.39 is 5.97 Å². The largest absolute Gasteiger partial charge is 0.454 e. The predicted molar refractivity (Wildman–Crippen MR) is 123 cm³/mol. The standard InChI is InChI=1S/C25H19N5O3/c1-15-6-2-3-7-18(15)24-30-29-23(33-24)16-10-12-17(13-11-16)25(31)32-14-21-27-20-9-5-4-8-19(20)22(26)28-21/h2-13H,14H2,1H3,(H2,26,27,28). The molecule has 33 heavy (non-hydrogen) atoms. The van der Waals surface area contributed by atoms with Crippen molar-refractivity contribution in [3.63, 3.8) is 0 Å². The maximum atomic E-state index is 12.5. The lowest BCUT2D eigenvalue weighted by Gasteiger charge is -2.07. The van der Waals surface area contributed by atoms with Crippen LogP contribution in [0.25, 0.3) is 33.8 Å². The summed E-state index contributed by atoms with van der Waals surface area (Å²) in [5, 5.41) is 9.03. The summed E-state index contributed by atoms with van der Waals surface area (Å²) in [5.41, 5.74) is 9.69. The first-order valence-corrected chi connectivity index (χ1v) is 10.3. The van der Waals surface area contributed by atoms with Crippen molar-refractivity contribution < 1.29 is 13.9 Å². The molecule has 0 aliphatic rings. The molecule has 2 aromatic heterocycles. The Bertz CT molecular complexity index is 1460. The van der Waals surface area contributed by atoms with Gasteiger partial charge in [0.15, 0.2) is 12.4 Å². The summed E-state index contributed by atoms with van der Waals surface area (Å²) in [6, 6.07) is 21.9. The van der Waals surface area contributed by atoms with Crippen molar-refractivity contribution >= 4 is 22.7 Å². The van der Waals surface area contributed by atoms with Crippen molar-refractivity contribution in [1.82, 2.24) is 20.2 Å². The normalized spacial score (nSPS) is 10.9. The highest BCUT2D eigenvalue weighted by Crippen LogP contribution is 2.26. The van der Waals surface area contributed by atoms with Crippen LogP contribution >= 0.6 is 0 Å². The van der Waals surface area contributed by atoms with Gasteiger partial charge in [-0.05, 0) is 55.0 Å². The molecule has 0 amide bonds. The topological polar surface area (TPSA) is 117 Å². The Morgan fingerprint density at radius 3 is 2.45 bits per heavy atom. The third-order valence-corrected chi connectivity index (χ3v) is 5.18. The summed E-state index contributed by atoms with van der Waals surface area (Å²) >= 11 is 0. The molecule has 0 fully saturated rings. The number of fused-ring (bicyclic) bond motifs is 1. The van der Waals surface area contributed by atoms with E-state index in [2.05, 4.69) is 20.2 Å². The molecule has 3 aromatic carbocycles. The lowest BCUT2D eigenvalue weighted by molar-refractivity contribution is 0.0462. The number of nitrogen functional groups attached to an aromatic ring is 1. The van der Waals surface area contributed by atoms with Crippen LogP contribution in [0.2, 0.25) is 0 Å². The highest BCUT2D eigenvalue weighted by atomic mass is 16.5. The fourth-order valence-electron chi connectivity index (χ4n) is 3.44. The molecule has 0 saturated heterocycles. The molecule has 8 heteroatoms. The summed E-state index contributed by atoms with van der Waals surface area (Å²) in [5.74, 6) is 1.00. The van der Waals surface area contributed by atoms with Gasteiger partial charge in [-0.1, -0.05) is 30.3 Å². The Labute approximate surface area is 189 Å². The summed E-state index contributed by atoms with van der Waals surface area (Å²) in [4.78, 5) is 21.1. The van der Waals surface area contributed by atoms with Crippen molar-refractivity contribution in [2.24, 2.45) is 0 Å². The predicted octanol–water partition coefficient (Wildman–Crippen LogP) is 4.59. The van der Waals surface area contributed by atoms with E-state index in [1.807, 2.05) is 55.5 Å². The van der Waals surface area contributed by atoms with E-state index >= 15 is 0 Å². The molecule has 8 nitrogen and oxygen atoms in total. The molecular weight excluding hydrogens is 418 g/mol. The molecule has 162 valence electrons. The number of anilines is 1. The van der Waals surface area contributed by atoms with E-state index in [9.17, 15) is 4.79 Å². The van der Waals surface area contributed by atoms with Crippen LogP contribution in [-0.4, -0.2) is 26.1 Å². The van der Waals surface area contributed by atoms with E-state index in [1.165, 1.54) is 0 Å². The van der Waals surface area contributed by atoms with Gasteiger partial charge in [0.05, 0.1) is 11.1 Å². The number of nitrogens with two attached hydrogens (primary N) is 1. The molecule has 0 bridgehead atoms. The third-order valence-electron chi connectivity index (χ3n) is 5.18. The molecule has 5 aromatic rings. The zero-order chi connectivity index (χ0) is 22.8. The van der Waals surface area contributed by atoms with Gasteiger partial charge in [0.25, 0.3) is 0 Å². The van der Waals surface area contributed by atoms with Crippen molar-refractivity contribution in [1.29, 1.82) is 0 Å². The maximum absolute atomic E-state index is 12.5. The van der Waals surface area contributed by atoms with Crippen LogP contribution in [0.5, 0.6) is 0 Å². The third kappa shape index (κ3) is 4.14. The first-order valence-electron chi connectivity index (χ1n) is 10.3. The van der Waals surface area contributed by atoms with E-state index in [4.69, 9.17) is 14.9 Å². The number of ether oxygens (including phenoxy) is 1. The molecule has 0 spiro atoms. The summed E-state index contributed by atoms with van der Waals surface area (Å²) in [6.45, 7) is 1.90. The molecular formula is C25H19N5O3. The molecule has 2 N–H and O–H groups in total. The van der Waals surface area contributed by atoms with Crippen LogP contribution in [0.15, 0.2) is 77.2 Å². The van der Waals surface area contributed by atoms with Gasteiger partial charge in [0, 0.05) is 16.5 Å². The maximum Gasteiger partial charge on any atom is 0.338 e. The Hall–Kier alpha value is -4.59. The number of aromatic nitrogens is 4. The fourth-order valence-corrected chi connectivity index (χ4v) is 3.44. The number of esters is 1. The second-order valence-electron chi connectivity index (χ2n) is 7.42. The van der Waals surface area contributed by atoms with Crippen molar-refractivity contribution in [2.75, 3.05) is 5.73 Å². The van der Waals surface area contributed by atoms with Gasteiger partial charge < -0.3 is 14.9 Å². The molecule has 0 unspecified atom stereocenters. The van der Waals surface area contributed by atoms with E-state index in [0.29, 0.717) is 40.1 Å². The van der Waals surface area contributed by atoms with Gasteiger partial charge in [-0.15, -0.1) is 10.2 Å². The number of rotatable bonds is 5. The highest BCUT2D eigenvalue weighted by Gasteiger charge is 2.14. The molecule has 0 aliphatic heterocycles. The number of hydrogen-bond donors (Lipinski definition) is 1. The number of aryl methyl sites for hydroxylation is 1. The second-order valence-corrected chi connectivity index (χ2v) is 7.42. The van der Waals surface area contributed by atoms with E-state index in [0.717, 1.165) is 16.5 Å². The number of para-hydroxylation sites is 1. The molecule has 0 aliphatic carbocycles. The zero-order valence-electron chi connectivity index (χ0n) is 17.7. The first-order chi connectivity index (χ1) is 16.1. The van der Waals surface area contributed by atoms with Crippen LogP contribution in [0.4, 0.5) is 5.82 Å². The van der Waals surface area contributed by atoms with Gasteiger partial charge in [-0.3, -0.25) is 0 Å². The number of carbonyl (C=O) groups is 1. The molecule has 0 radical (unpaired) electrons. The number of nitrogens with zero attached hydrogens (tertiary/aromatic N) is 4. The molecule has 2 heterocycles. The quantitative estimate of drug-likeness (QED) is 0.397. The first kappa shape index (κ1) is 20.3. The SMILES string of the molecule is Cc1ccccc1-c1nnc(-c2ccc(C(=O)OCc3nc(N)c4ccccc4n3)cc2)o1. The summed E-state index contributed by atoms with van der Waals surface area (Å²) < 4.78 is 11.2. The lowest BCUT2D eigenvalue weighted by atomic mass is 10.1. The van der Waals surface area contributed by atoms with Gasteiger partial charge in [-0.25, -0.2) is 14.8 Å². The van der Waals surface area contributed by atoms with Crippen molar-refractivity contribution in [3.8, 4) is 22.9 Å².